The number of likely N-dealkylation sites (tertiary alicyclic amines) is 1. The summed E-state index contributed by atoms with van der Waals surface area (Å²) in [7, 11) is 1.53. The second-order valence-electron chi connectivity index (χ2n) is 9.17. The van der Waals surface area contributed by atoms with E-state index in [9.17, 15) is 9.18 Å². The topological polar surface area (TPSA) is 159 Å². The van der Waals surface area contributed by atoms with Crippen LogP contribution in [0.3, 0.4) is 0 Å². The first-order valence-corrected chi connectivity index (χ1v) is 12.6. The Kier molecular flexibility index (Phi) is 7.96. The number of nitrogen functional groups attached to an aromatic ring is 1. The second-order valence-corrected chi connectivity index (χ2v) is 9.17. The molecule has 1 saturated heterocycles. The quantitative estimate of drug-likeness (QED) is 0.222. The number of aromatic nitrogens is 5. The number of rotatable bonds is 10. The van der Waals surface area contributed by atoms with Crippen LogP contribution < -0.4 is 20.6 Å². The average Bonchev–Trinajstić information content (AvgIpc) is 3.73. The van der Waals surface area contributed by atoms with Gasteiger partial charge in [-0.1, -0.05) is 17.3 Å². The van der Waals surface area contributed by atoms with E-state index in [1.807, 2.05) is 0 Å². The summed E-state index contributed by atoms with van der Waals surface area (Å²) in [6.45, 7) is 4.24. The Balaban J connectivity index is 1.33. The number of halogens is 1. The van der Waals surface area contributed by atoms with Crippen LogP contribution in [0.2, 0.25) is 0 Å². The number of carbonyl (C=O) groups is 1. The first-order valence-electron chi connectivity index (χ1n) is 12.6. The van der Waals surface area contributed by atoms with Crippen molar-refractivity contribution in [2.75, 3.05) is 25.9 Å². The van der Waals surface area contributed by atoms with E-state index in [1.54, 1.807) is 37.3 Å². The zero-order chi connectivity index (χ0) is 28.1. The third-order valence-electron chi connectivity index (χ3n) is 6.44. The predicted octanol–water partition coefficient (Wildman–Crippen LogP) is 2.71. The Labute approximate surface area is 228 Å². The van der Waals surface area contributed by atoms with Crippen LogP contribution in [0.4, 0.5) is 10.2 Å². The van der Waals surface area contributed by atoms with E-state index in [-0.39, 0.29) is 29.8 Å². The first kappa shape index (κ1) is 26.7. The van der Waals surface area contributed by atoms with Crippen molar-refractivity contribution < 1.29 is 23.3 Å². The number of nitrogens with zero attached hydrogens (tertiary/aromatic N) is 7. The van der Waals surface area contributed by atoms with Gasteiger partial charge in [-0.05, 0) is 79.1 Å². The van der Waals surface area contributed by atoms with Crippen molar-refractivity contribution in [2.24, 2.45) is 5.10 Å². The van der Waals surface area contributed by atoms with E-state index in [2.05, 4.69) is 36.1 Å². The molecule has 2 aromatic carbocycles. The summed E-state index contributed by atoms with van der Waals surface area (Å²) in [5.74, 6) is 0.159. The molecule has 1 amide bonds. The van der Waals surface area contributed by atoms with Gasteiger partial charge in [0, 0.05) is 12.1 Å². The highest BCUT2D eigenvalue weighted by atomic mass is 19.1. The van der Waals surface area contributed by atoms with Gasteiger partial charge in [-0.15, -0.1) is 5.10 Å². The number of nitrogens with one attached hydrogen (secondary N) is 1. The van der Waals surface area contributed by atoms with Crippen LogP contribution in [-0.2, 0) is 13.2 Å². The molecule has 0 bridgehead atoms. The lowest BCUT2D eigenvalue weighted by molar-refractivity contribution is 0.0945. The Hall–Kier alpha value is -4.85. The van der Waals surface area contributed by atoms with Crippen LogP contribution in [0.15, 0.2) is 52.2 Å². The lowest BCUT2D eigenvalue weighted by Crippen LogP contribution is -2.26. The van der Waals surface area contributed by atoms with Crippen molar-refractivity contribution in [1.82, 2.24) is 35.6 Å². The van der Waals surface area contributed by atoms with Gasteiger partial charge in [-0.3, -0.25) is 9.69 Å². The van der Waals surface area contributed by atoms with Crippen molar-refractivity contribution in [2.45, 2.75) is 32.9 Å². The minimum Gasteiger partial charge on any atom is -0.493 e. The van der Waals surface area contributed by atoms with Gasteiger partial charge in [-0.25, -0.2) is 14.4 Å². The van der Waals surface area contributed by atoms with Gasteiger partial charge < -0.3 is 15.2 Å². The lowest BCUT2D eigenvalue weighted by Gasteiger charge is -2.13. The van der Waals surface area contributed by atoms with Crippen molar-refractivity contribution >= 4 is 17.4 Å². The summed E-state index contributed by atoms with van der Waals surface area (Å²) in [5, 5.41) is 19.9. The molecule has 1 aliphatic rings. The molecule has 4 aromatic rings. The van der Waals surface area contributed by atoms with Gasteiger partial charge in [0.1, 0.15) is 18.1 Å². The minimum absolute atomic E-state index is 0.0276. The molecule has 0 aliphatic carbocycles. The lowest BCUT2D eigenvalue weighted by atomic mass is 10.1. The second kappa shape index (κ2) is 11.9. The molecule has 1 fully saturated rings. The highest BCUT2D eigenvalue weighted by Crippen LogP contribution is 2.29. The predicted molar refractivity (Wildman–Crippen MR) is 142 cm³/mol. The Bertz CT molecular complexity index is 1510. The SMILES string of the molecule is COc1cc(/C(C)=N\NC(=O)c2c(CN3CCCC3)nnn2-c2nonc2N)ccc1OCc1ccc(F)cc1. The normalized spacial score (nSPS) is 13.9. The number of benzene rings is 2. The average molecular weight is 550 g/mol. The molecule has 2 aromatic heterocycles. The fourth-order valence-corrected chi connectivity index (χ4v) is 4.29. The molecule has 0 saturated carbocycles. The molecule has 14 heteroatoms. The molecule has 0 spiro atoms. The first-order chi connectivity index (χ1) is 19.4. The van der Waals surface area contributed by atoms with Crippen molar-refractivity contribution in [1.29, 1.82) is 0 Å². The number of nitrogens with two attached hydrogens (primary N) is 1. The monoisotopic (exact) mass is 549 g/mol. The van der Waals surface area contributed by atoms with E-state index in [1.165, 1.54) is 23.9 Å². The fourth-order valence-electron chi connectivity index (χ4n) is 4.29. The summed E-state index contributed by atoms with van der Waals surface area (Å²) in [5.41, 5.74) is 11.0. The van der Waals surface area contributed by atoms with Crippen molar-refractivity contribution in [3.05, 3.63) is 70.8 Å². The van der Waals surface area contributed by atoms with E-state index in [4.69, 9.17) is 19.8 Å². The smallest absolute Gasteiger partial charge is 0.292 e. The molecule has 0 unspecified atom stereocenters. The number of hydrazone groups is 1. The van der Waals surface area contributed by atoms with Gasteiger partial charge in [0.15, 0.2) is 17.2 Å². The molecule has 1 aliphatic heterocycles. The molecule has 0 radical (unpaired) electrons. The molecule has 208 valence electrons. The number of hydrogen-bond donors (Lipinski definition) is 2. The zero-order valence-corrected chi connectivity index (χ0v) is 22.0. The fraction of sp³-hybridized carbons (Fsp3) is 0.308. The van der Waals surface area contributed by atoms with Gasteiger partial charge in [0.25, 0.3) is 5.91 Å². The van der Waals surface area contributed by atoms with Gasteiger partial charge in [0.2, 0.25) is 11.6 Å². The summed E-state index contributed by atoms with van der Waals surface area (Å²) < 4.78 is 30.4. The number of ether oxygens (including phenoxy) is 2. The van der Waals surface area contributed by atoms with Crippen LogP contribution in [0.25, 0.3) is 5.82 Å². The van der Waals surface area contributed by atoms with Crippen molar-refractivity contribution in [3.63, 3.8) is 0 Å². The maximum Gasteiger partial charge on any atom is 0.292 e. The van der Waals surface area contributed by atoms with E-state index >= 15 is 0 Å². The minimum atomic E-state index is -0.549. The summed E-state index contributed by atoms with van der Waals surface area (Å²) in [4.78, 5) is 15.5. The third-order valence-corrected chi connectivity index (χ3v) is 6.44. The maximum atomic E-state index is 13.4. The van der Waals surface area contributed by atoms with Gasteiger partial charge in [0.05, 0.1) is 12.8 Å². The molecule has 5 rings (SSSR count). The number of methoxy groups -OCH3 is 1. The number of anilines is 1. The summed E-state index contributed by atoms with van der Waals surface area (Å²) in [6.07, 6.45) is 2.16. The van der Waals surface area contributed by atoms with Crippen LogP contribution in [-0.4, -0.2) is 62.0 Å². The maximum absolute atomic E-state index is 13.4. The van der Waals surface area contributed by atoms with Crippen LogP contribution in [0.1, 0.15) is 47.1 Å². The summed E-state index contributed by atoms with van der Waals surface area (Å²) in [6, 6.07) is 11.3. The molecular formula is C26H28FN9O4. The number of carbonyl (C=O) groups excluding carboxylic acids is 1. The van der Waals surface area contributed by atoms with Gasteiger partial charge >= 0.3 is 0 Å². The molecule has 0 atom stereocenters. The highest BCUT2D eigenvalue weighted by Gasteiger charge is 2.27. The number of hydrogen-bond acceptors (Lipinski definition) is 11. The van der Waals surface area contributed by atoms with Crippen LogP contribution in [0.5, 0.6) is 11.5 Å². The van der Waals surface area contributed by atoms with Crippen LogP contribution >= 0.6 is 0 Å². The van der Waals surface area contributed by atoms with Crippen molar-refractivity contribution in [3.8, 4) is 17.3 Å². The third kappa shape index (κ3) is 5.91. The largest absolute Gasteiger partial charge is 0.493 e. The highest BCUT2D eigenvalue weighted by molar-refractivity contribution is 6.01. The molecule has 3 heterocycles. The van der Waals surface area contributed by atoms with Crippen LogP contribution in [0, 0.1) is 5.82 Å². The molecule has 3 N–H and O–H groups in total. The number of amides is 1. The molecular weight excluding hydrogens is 521 g/mol. The van der Waals surface area contributed by atoms with Gasteiger partial charge in [-0.2, -0.15) is 9.78 Å². The van der Waals surface area contributed by atoms with E-state index in [0.29, 0.717) is 35.0 Å². The Morgan fingerprint density at radius 2 is 1.93 bits per heavy atom. The molecule has 13 nitrogen and oxygen atoms in total. The van der Waals surface area contributed by atoms with E-state index in [0.717, 1.165) is 31.5 Å². The molecule has 40 heavy (non-hydrogen) atoms. The zero-order valence-electron chi connectivity index (χ0n) is 22.0. The Morgan fingerprint density at radius 1 is 1.15 bits per heavy atom. The summed E-state index contributed by atoms with van der Waals surface area (Å²) >= 11 is 0. The standard InChI is InChI=1S/C26H28FN9O4/c1-16(18-7-10-21(22(13-18)38-2)39-15-17-5-8-19(27)9-6-17)29-31-26(37)23-20(14-35-11-3-4-12-35)30-34-36(23)25-24(28)32-40-33-25/h5-10,13H,3-4,11-12,14-15H2,1-2H3,(H2,28,32)(H,31,37)/b29-16-. The van der Waals surface area contributed by atoms with E-state index < -0.39 is 5.91 Å². The Morgan fingerprint density at radius 3 is 2.62 bits per heavy atom.